The van der Waals surface area contributed by atoms with E-state index in [2.05, 4.69) is 25.2 Å². The number of hydrogen-bond donors (Lipinski definition) is 0. The summed E-state index contributed by atoms with van der Waals surface area (Å²) in [4.78, 5) is 25.9. The number of rotatable bonds is 3. The summed E-state index contributed by atoms with van der Waals surface area (Å²) < 4.78 is 0. The molecule has 2 aromatic rings. The summed E-state index contributed by atoms with van der Waals surface area (Å²) in [6.07, 6.45) is 1.66. The molecule has 2 amide bonds. The summed E-state index contributed by atoms with van der Waals surface area (Å²) in [6.45, 7) is 4.38. The second-order valence-corrected chi connectivity index (χ2v) is 10.3. The molecule has 0 radical (unpaired) electrons. The highest BCUT2D eigenvalue weighted by molar-refractivity contribution is 6.93. The van der Waals surface area contributed by atoms with Crippen LogP contribution in [0.4, 0.5) is 0 Å². The Hall–Kier alpha value is -2.46. The van der Waals surface area contributed by atoms with Gasteiger partial charge in [0.25, 0.3) is 11.8 Å². The predicted octanol–water partition coefficient (Wildman–Crippen LogP) is 2.95. The molecule has 0 saturated heterocycles. The van der Waals surface area contributed by atoms with E-state index < -0.39 is 8.07 Å². The number of carbonyl (C=O) groups is 2. The van der Waals surface area contributed by atoms with Crippen LogP contribution in [0.5, 0.6) is 0 Å². The molecule has 0 bridgehead atoms. The average Bonchev–Trinajstić information content (AvgIpc) is 2.78. The molecule has 3 nitrogen and oxygen atoms in total. The molecule has 0 N–H and O–H groups in total. The molecule has 22 heavy (non-hydrogen) atoms. The molecular weight excluding hydrogens is 290 g/mol. The highest BCUT2D eigenvalue weighted by Crippen LogP contribution is 2.23. The Morgan fingerprint density at radius 2 is 1.32 bits per heavy atom. The third-order valence-corrected chi connectivity index (χ3v) is 6.79. The zero-order valence-corrected chi connectivity index (χ0v) is 13.6. The van der Waals surface area contributed by atoms with Gasteiger partial charge in [0, 0.05) is 6.20 Å². The van der Waals surface area contributed by atoms with Gasteiger partial charge in [0.1, 0.15) is 8.07 Å². The molecule has 110 valence electrons. The number of fused-ring (bicyclic) bond motifs is 1. The largest absolute Gasteiger partial charge is 0.268 e. The van der Waals surface area contributed by atoms with Crippen molar-refractivity contribution in [3.05, 3.63) is 77.6 Å². The molecule has 4 heteroatoms. The quantitative estimate of drug-likeness (QED) is 0.646. The van der Waals surface area contributed by atoms with Crippen LogP contribution >= 0.6 is 0 Å². The van der Waals surface area contributed by atoms with Crippen molar-refractivity contribution < 1.29 is 9.59 Å². The van der Waals surface area contributed by atoms with Crippen molar-refractivity contribution in [1.29, 1.82) is 0 Å². The first-order valence-electron chi connectivity index (χ1n) is 7.22. The molecule has 3 rings (SSSR count). The maximum Gasteiger partial charge on any atom is 0.265 e. The van der Waals surface area contributed by atoms with Crippen LogP contribution in [-0.4, -0.2) is 24.8 Å². The van der Waals surface area contributed by atoms with Gasteiger partial charge in [-0.2, -0.15) is 0 Å². The summed E-state index contributed by atoms with van der Waals surface area (Å²) in [5.41, 5.74) is 3.00. The van der Waals surface area contributed by atoms with Gasteiger partial charge in [-0.05, 0) is 12.1 Å². The molecule has 0 saturated carbocycles. The van der Waals surface area contributed by atoms with Gasteiger partial charge in [0.2, 0.25) is 0 Å². The summed E-state index contributed by atoms with van der Waals surface area (Å²) in [5.74, 6) is -0.482. The highest BCUT2D eigenvalue weighted by Gasteiger charge is 2.34. The zero-order valence-electron chi connectivity index (χ0n) is 12.6. The van der Waals surface area contributed by atoms with E-state index in [1.165, 1.54) is 10.1 Å². The van der Waals surface area contributed by atoms with Crippen LogP contribution in [0.25, 0.3) is 0 Å². The van der Waals surface area contributed by atoms with Gasteiger partial charge in [-0.15, -0.1) is 0 Å². The Balaban J connectivity index is 1.88. The molecular formula is C18H17NO2Si. The van der Waals surface area contributed by atoms with Crippen LogP contribution in [-0.2, 0) is 0 Å². The number of nitrogens with zero attached hydrogens (tertiary/aromatic N) is 1. The van der Waals surface area contributed by atoms with Crippen molar-refractivity contribution in [3.8, 4) is 0 Å². The van der Waals surface area contributed by atoms with Crippen LogP contribution in [0.2, 0.25) is 13.1 Å². The first-order chi connectivity index (χ1) is 10.5. The standard InChI is InChI=1S/C18H17NO2Si/c1-22(2,14-8-4-3-5-9-14)13-12-19-17(20)15-10-6-7-11-16(15)18(19)21/h3-13H,1-2H3/b13-12+. The summed E-state index contributed by atoms with van der Waals surface area (Å²) in [6, 6.07) is 17.2. The fourth-order valence-electron chi connectivity index (χ4n) is 2.57. The second-order valence-electron chi connectivity index (χ2n) is 5.93. The molecule has 1 aliphatic heterocycles. The fourth-order valence-corrected chi connectivity index (χ4v) is 4.33. The van der Waals surface area contributed by atoms with Gasteiger partial charge < -0.3 is 0 Å². The number of carbonyl (C=O) groups excluding carboxylic acids is 2. The van der Waals surface area contributed by atoms with Gasteiger partial charge in [-0.25, -0.2) is 4.90 Å². The average molecular weight is 307 g/mol. The SMILES string of the molecule is C[Si](C)(/C=C/N1C(=O)c2ccccc2C1=O)c1ccccc1. The monoisotopic (exact) mass is 307 g/mol. The van der Waals surface area contributed by atoms with Gasteiger partial charge >= 0.3 is 0 Å². The van der Waals surface area contributed by atoms with Crippen LogP contribution in [0.15, 0.2) is 66.5 Å². The summed E-state index contributed by atoms with van der Waals surface area (Å²) >= 11 is 0. The van der Waals surface area contributed by atoms with Gasteiger partial charge in [-0.1, -0.05) is 66.4 Å². The van der Waals surface area contributed by atoms with Crippen molar-refractivity contribution in [2.45, 2.75) is 13.1 Å². The molecule has 0 atom stereocenters. The molecule has 0 aromatic heterocycles. The highest BCUT2D eigenvalue weighted by atomic mass is 28.3. The molecule has 0 unspecified atom stereocenters. The van der Waals surface area contributed by atoms with Gasteiger partial charge in [0.15, 0.2) is 0 Å². The molecule has 0 aliphatic carbocycles. The molecule has 0 spiro atoms. The Kier molecular flexibility index (Phi) is 3.54. The fraction of sp³-hybridized carbons (Fsp3) is 0.111. The van der Waals surface area contributed by atoms with Gasteiger partial charge in [-0.3, -0.25) is 9.59 Å². The Bertz CT molecular complexity index is 731. The van der Waals surface area contributed by atoms with E-state index in [1.807, 2.05) is 23.9 Å². The third kappa shape index (κ3) is 2.42. The van der Waals surface area contributed by atoms with Crippen molar-refractivity contribution in [1.82, 2.24) is 4.90 Å². The van der Waals surface area contributed by atoms with Crippen LogP contribution in [0.3, 0.4) is 0 Å². The Morgan fingerprint density at radius 3 is 1.86 bits per heavy atom. The van der Waals surface area contributed by atoms with E-state index in [4.69, 9.17) is 0 Å². The van der Waals surface area contributed by atoms with Crippen molar-refractivity contribution in [2.24, 2.45) is 0 Å². The molecule has 1 heterocycles. The lowest BCUT2D eigenvalue weighted by atomic mass is 10.1. The van der Waals surface area contributed by atoms with E-state index >= 15 is 0 Å². The first kappa shape index (κ1) is 14.5. The molecule has 0 fully saturated rings. The predicted molar refractivity (Wildman–Crippen MR) is 89.6 cm³/mol. The Labute approximate surface area is 130 Å². The number of amides is 2. The zero-order chi connectivity index (χ0) is 15.7. The van der Waals surface area contributed by atoms with Crippen molar-refractivity contribution >= 4 is 25.1 Å². The van der Waals surface area contributed by atoms with Gasteiger partial charge in [0.05, 0.1) is 11.1 Å². The lowest BCUT2D eigenvalue weighted by molar-refractivity contribution is 0.0721. The molecule has 1 aliphatic rings. The lowest BCUT2D eigenvalue weighted by Crippen LogP contribution is -2.40. The van der Waals surface area contributed by atoms with Crippen molar-refractivity contribution in [3.63, 3.8) is 0 Å². The van der Waals surface area contributed by atoms with E-state index in [-0.39, 0.29) is 11.8 Å². The van der Waals surface area contributed by atoms with Crippen LogP contribution in [0.1, 0.15) is 20.7 Å². The maximum absolute atomic E-state index is 12.3. The van der Waals surface area contributed by atoms with Crippen molar-refractivity contribution in [2.75, 3.05) is 0 Å². The maximum atomic E-state index is 12.3. The minimum Gasteiger partial charge on any atom is -0.268 e. The lowest BCUT2D eigenvalue weighted by Gasteiger charge is -2.19. The Morgan fingerprint density at radius 1 is 0.818 bits per heavy atom. The minimum atomic E-state index is -1.84. The second kappa shape index (κ2) is 5.39. The van der Waals surface area contributed by atoms with E-state index in [9.17, 15) is 9.59 Å². The normalized spacial score (nSPS) is 14.7. The number of imide groups is 1. The van der Waals surface area contributed by atoms with E-state index in [0.29, 0.717) is 11.1 Å². The topological polar surface area (TPSA) is 37.4 Å². The number of benzene rings is 2. The first-order valence-corrected chi connectivity index (χ1v) is 10.3. The summed E-state index contributed by atoms with van der Waals surface area (Å²) in [7, 11) is -1.84. The van der Waals surface area contributed by atoms with E-state index in [1.54, 1.807) is 30.5 Å². The smallest absolute Gasteiger partial charge is 0.265 e. The third-order valence-electron chi connectivity index (χ3n) is 3.98. The van der Waals surface area contributed by atoms with E-state index in [0.717, 1.165) is 0 Å². The van der Waals surface area contributed by atoms with Crippen LogP contribution < -0.4 is 5.19 Å². The molecule has 2 aromatic carbocycles. The minimum absolute atomic E-state index is 0.241. The van der Waals surface area contributed by atoms with Crippen LogP contribution in [0, 0.1) is 0 Å². The number of hydrogen-bond acceptors (Lipinski definition) is 2. The summed E-state index contributed by atoms with van der Waals surface area (Å²) in [5, 5.41) is 1.27.